The lowest BCUT2D eigenvalue weighted by atomic mass is 9.53. The van der Waals surface area contributed by atoms with Crippen LogP contribution in [0, 0.1) is 17.3 Å². The Hall–Kier alpha value is -1.06. The Labute approximate surface area is 170 Å². The van der Waals surface area contributed by atoms with Gasteiger partial charge in [-0.05, 0) is 97.3 Å². The summed E-state index contributed by atoms with van der Waals surface area (Å²) in [6.45, 7) is 3.22. The van der Waals surface area contributed by atoms with Gasteiger partial charge in [0.15, 0.2) is 0 Å². The van der Waals surface area contributed by atoms with Crippen LogP contribution >= 0.6 is 0 Å². The molecule has 4 rings (SSSR count). The highest BCUT2D eigenvalue weighted by molar-refractivity contribution is 5.42. The van der Waals surface area contributed by atoms with Gasteiger partial charge in [-0.3, -0.25) is 0 Å². The number of rotatable bonds is 7. The Bertz CT molecular complexity index is 672. The predicted molar refractivity (Wildman–Crippen MR) is 113 cm³/mol. The van der Waals surface area contributed by atoms with E-state index in [0.717, 1.165) is 25.9 Å². The van der Waals surface area contributed by atoms with E-state index in [9.17, 15) is 10.2 Å². The van der Waals surface area contributed by atoms with Crippen molar-refractivity contribution < 1.29 is 14.9 Å². The third-order valence-corrected chi connectivity index (χ3v) is 8.50. The van der Waals surface area contributed by atoms with Gasteiger partial charge >= 0.3 is 0 Å². The number of fused-ring (bicyclic) bond motifs is 5. The SMILES string of the molecule is COCCCCCCC1C[C@@H]2[C@H](CC[C@]3(C)C(O)CC[C@@H]23)c2ccc(O)cc21. The van der Waals surface area contributed by atoms with Crippen molar-refractivity contribution in [3.05, 3.63) is 29.3 Å². The minimum Gasteiger partial charge on any atom is -0.508 e. The molecular formula is C25H38O3. The lowest BCUT2D eigenvalue weighted by Crippen LogP contribution is -2.44. The van der Waals surface area contributed by atoms with Crippen LogP contribution < -0.4 is 0 Å². The summed E-state index contributed by atoms with van der Waals surface area (Å²) >= 11 is 0. The molecule has 28 heavy (non-hydrogen) atoms. The molecule has 0 bridgehead atoms. The molecule has 3 nitrogen and oxygen atoms in total. The summed E-state index contributed by atoms with van der Waals surface area (Å²) in [5.74, 6) is 2.96. The lowest BCUT2D eigenvalue weighted by molar-refractivity contribution is -0.0252. The zero-order valence-corrected chi connectivity index (χ0v) is 17.7. The summed E-state index contributed by atoms with van der Waals surface area (Å²) in [7, 11) is 1.78. The van der Waals surface area contributed by atoms with Crippen molar-refractivity contribution in [2.75, 3.05) is 13.7 Å². The molecule has 156 valence electrons. The highest BCUT2D eigenvalue weighted by Gasteiger charge is 2.55. The number of aliphatic hydroxyl groups is 1. The number of methoxy groups -OCH3 is 1. The first-order valence-corrected chi connectivity index (χ1v) is 11.5. The highest BCUT2D eigenvalue weighted by Crippen LogP contribution is 2.62. The molecule has 1 aromatic carbocycles. The molecule has 3 aliphatic rings. The van der Waals surface area contributed by atoms with E-state index in [-0.39, 0.29) is 11.5 Å². The first kappa shape index (κ1) is 20.2. The molecule has 0 spiro atoms. The van der Waals surface area contributed by atoms with Gasteiger partial charge in [-0.1, -0.05) is 32.3 Å². The molecule has 3 aliphatic carbocycles. The van der Waals surface area contributed by atoms with E-state index in [1.54, 1.807) is 7.11 Å². The Balaban J connectivity index is 1.52. The predicted octanol–water partition coefficient (Wildman–Crippen LogP) is 5.75. The van der Waals surface area contributed by atoms with Crippen molar-refractivity contribution in [1.82, 2.24) is 0 Å². The van der Waals surface area contributed by atoms with Gasteiger partial charge in [0.25, 0.3) is 0 Å². The van der Waals surface area contributed by atoms with Gasteiger partial charge in [-0.15, -0.1) is 0 Å². The maximum absolute atomic E-state index is 10.7. The van der Waals surface area contributed by atoms with E-state index >= 15 is 0 Å². The van der Waals surface area contributed by atoms with Crippen molar-refractivity contribution in [3.8, 4) is 5.75 Å². The monoisotopic (exact) mass is 386 g/mol. The molecular weight excluding hydrogens is 348 g/mol. The van der Waals surface area contributed by atoms with Crippen molar-refractivity contribution in [1.29, 1.82) is 0 Å². The molecule has 6 atom stereocenters. The molecule has 0 heterocycles. The summed E-state index contributed by atoms with van der Waals surface area (Å²) < 4.78 is 5.17. The fraction of sp³-hybridized carbons (Fsp3) is 0.760. The second kappa shape index (κ2) is 8.36. The molecule has 2 fully saturated rings. The summed E-state index contributed by atoms with van der Waals surface area (Å²) in [5, 5.41) is 20.8. The fourth-order valence-corrected chi connectivity index (χ4v) is 6.95. The molecule has 3 heteroatoms. The molecule has 0 aliphatic heterocycles. The number of ether oxygens (including phenoxy) is 1. The van der Waals surface area contributed by atoms with Gasteiger partial charge in [-0.2, -0.15) is 0 Å². The number of hydrogen-bond donors (Lipinski definition) is 2. The topological polar surface area (TPSA) is 49.7 Å². The van der Waals surface area contributed by atoms with Crippen LogP contribution in [-0.4, -0.2) is 30.0 Å². The van der Waals surface area contributed by atoms with Crippen LogP contribution in [-0.2, 0) is 4.74 Å². The van der Waals surface area contributed by atoms with Crippen LogP contribution in [0.15, 0.2) is 18.2 Å². The molecule has 0 amide bonds. The Morgan fingerprint density at radius 3 is 2.71 bits per heavy atom. The third kappa shape index (κ3) is 3.61. The summed E-state index contributed by atoms with van der Waals surface area (Å²) in [6.07, 6.45) is 11.8. The summed E-state index contributed by atoms with van der Waals surface area (Å²) in [4.78, 5) is 0. The molecule has 2 unspecified atom stereocenters. The van der Waals surface area contributed by atoms with E-state index in [4.69, 9.17) is 4.74 Å². The van der Waals surface area contributed by atoms with Gasteiger partial charge in [0.2, 0.25) is 0 Å². The number of phenols is 1. The van der Waals surface area contributed by atoms with Crippen LogP contribution in [0.25, 0.3) is 0 Å². The second-order valence-corrected chi connectivity index (χ2v) is 9.96. The van der Waals surface area contributed by atoms with E-state index in [1.165, 1.54) is 56.1 Å². The van der Waals surface area contributed by atoms with Gasteiger partial charge in [0.1, 0.15) is 5.75 Å². The lowest BCUT2D eigenvalue weighted by Gasteiger charge is -2.51. The minimum absolute atomic E-state index is 0.112. The molecule has 0 aromatic heterocycles. The number of aromatic hydroxyl groups is 1. The van der Waals surface area contributed by atoms with E-state index in [1.807, 2.05) is 6.07 Å². The maximum atomic E-state index is 10.7. The second-order valence-electron chi connectivity index (χ2n) is 9.96. The molecule has 0 radical (unpaired) electrons. The first-order valence-electron chi connectivity index (χ1n) is 11.5. The van der Waals surface area contributed by atoms with Crippen LogP contribution in [0.3, 0.4) is 0 Å². The Morgan fingerprint density at radius 1 is 1.07 bits per heavy atom. The van der Waals surface area contributed by atoms with E-state index in [0.29, 0.717) is 29.4 Å². The minimum atomic E-state index is -0.112. The number of aliphatic hydroxyl groups excluding tert-OH is 1. The quantitative estimate of drug-likeness (QED) is 0.587. The van der Waals surface area contributed by atoms with Gasteiger partial charge < -0.3 is 14.9 Å². The van der Waals surface area contributed by atoms with Crippen LogP contribution in [0.5, 0.6) is 5.75 Å². The number of hydrogen-bond acceptors (Lipinski definition) is 3. The van der Waals surface area contributed by atoms with Crippen LogP contribution in [0.1, 0.15) is 94.1 Å². The van der Waals surface area contributed by atoms with Crippen molar-refractivity contribution >= 4 is 0 Å². The average molecular weight is 387 g/mol. The van der Waals surface area contributed by atoms with Crippen LogP contribution in [0.4, 0.5) is 0 Å². The first-order chi connectivity index (χ1) is 13.5. The summed E-state index contributed by atoms with van der Waals surface area (Å²) in [6, 6.07) is 6.15. The number of benzene rings is 1. The Morgan fingerprint density at radius 2 is 1.89 bits per heavy atom. The normalized spacial score (nSPS) is 36.6. The standard InChI is InChI=1S/C25H38O3/c1-25-13-12-20-19-9-8-18(26)16-21(19)17(7-5-3-4-6-14-28-2)15-22(20)23(25)10-11-24(25)27/h8-9,16-17,20,22-24,26-27H,3-7,10-15H2,1-2H3/t17?,20-,22-,23+,24?,25+/m1/s1. The highest BCUT2D eigenvalue weighted by atomic mass is 16.5. The smallest absolute Gasteiger partial charge is 0.115 e. The zero-order valence-electron chi connectivity index (χ0n) is 17.7. The average Bonchev–Trinajstić information content (AvgIpc) is 2.99. The van der Waals surface area contributed by atoms with E-state index < -0.39 is 0 Å². The largest absolute Gasteiger partial charge is 0.508 e. The van der Waals surface area contributed by atoms with E-state index in [2.05, 4.69) is 19.1 Å². The van der Waals surface area contributed by atoms with Gasteiger partial charge in [0, 0.05) is 13.7 Å². The molecule has 2 N–H and O–H groups in total. The Kier molecular flexibility index (Phi) is 6.04. The van der Waals surface area contributed by atoms with Crippen molar-refractivity contribution in [3.63, 3.8) is 0 Å². The molecule has 1 aromatic rings. The zero-order chi connectivity index (χ0) is 19.7. The van der Waals surface area contributed by atoms with Gasteiger partial charge in [-0.25, -0.2) is 0 Å². The van der Waals surface area contributed by atoms with Crippen molar-refractivity contribution in [2.45, 2.75) is 89.1 Å². The fourth-order valence-electron chi connectivity index (χ4n) is 6.95. The molecule has 2 saturated carbocycles. The van der Waals surface area contributed by atoms with Gasteiger partial charge in [0.05, 0.1) is 6.10 Å². The molecule has 0 saturated heterocycles. The van der Waals surface area contributed by atoms with Crippen LogP contribution in [0.2, 0.25) is 0 Å². The number of unbranched alkanes of at least 4 members (excludes halogenated alkanes) is 3. The van der Waals surface area contributed by atoms with Crippen molar-refractivity contribution in [2.24, 2.45) is 17.3 Å². The number of phenolic OH excluding ortho intramolecular Hbond substituents is 1. The third-order valence-electron chi connectivity index (χ3n) is 8.50. The summed E-state index contributed by atoms with van der Waals surface area (Å²) in [5.41, 5.74) is 3.04. The maximum Gasteiger partial charge on any atom is 0.115 e.